The molecular weight excluding hydrogens is 412 g/mol. The fourth-order valence-corrected chi connectivity index (χ4v) is 4.89. The van der Waals surface area contributed by atoms with Crippen molar-refractivity contribution in [2.24, 2.45) is 0 Å². The van der Waals surface area contributed by atoms with Gasteiger partial charge in [-0.05, 0) is 51.8 Å². The van der Waals surface area contributed by atoms with Crippen LogP contribution >= 0.6 is 23.7 Å². The van der Waals surface area contributed by atoms with E-state index in [-0.39, 0.29) is 24.4 Å². The number of methoxy groups -OCH3 is 1. The van der Waals surface area contributed by atoms with E-state index in [4.69, 9.17) is 4.74 Å². The summed E-state index contributed by atoms with van der Waals surface area (Å²) < 4.78 is 6.72. The number of aryl methyl sites for hydroxylation is 1. The number of fused-ring (bicyclic) bond motifs is 1. The smallest absolute Gasteiger partial charge is 0.341 e. The zero-order chi connectivity index (χ0) is 20.4. The first kappa shape index (κ1) is 23.4. The van der Waals surface area contributed by atoms with Crippen molar-refractivity contribution >= 4 is 40.6 Å². The molecular formula is C20H29ClN4O3S. The summed E-state index contributed by atoms with van der Waals surface area (Å²) in [6, 6.07) is 1.83. The highest BCUT2D eigenvalue weighted by Crippen LogP contribution is 2.38. The van der Waals surface area contributed by atoms with Gasteiger partial charge in [0, 0.05) is 24.0 Å². The number of thiophene rings is 1. The zero-order valence-electron chi connectivity index (χ0n) is 17.6. The Morgan fingerprint density at radius 1 is 1.38 bits per heavy atom. The van der Waals surface area contributed by atoms with Gasteiger partial charge in [-0.1, -0.05) is 6.92 Å². The number of nitrogens with one attached hydrogen (secondary N) is 1. The maximum absolute atomic E-state index is 13.0. The second-order valence-corrected chi connectivity index (χ2v) is 8.49. The third-order valence-electron chi connectivity index (χ3n) is 4.87. The first-order valence-corrected chi connectivity index (χ1v) is 10.5. The Kier molecular flexibility index (Phi) is 7.85. The summed E-state index contributed by atoms with van der Waals surface area (Å²) in [7, 11) is 1.38. The Labute approximate surface area is 181 Å². The van der Waals surface area contributed by atoms with E-state index in [1.807, 2.05) is 20.8 Å². The molecule has 160 valence electrons. The number of aromatic nitrogens is 2. The van der Waals surface area contributed by atoms with Crippen LogP contribution in [-0.2, 0) is 17.7 Å². The number of halogens is 1. The largest absolute Gasteiger partial charge is 0.465 e. The lowest BCUT2D eigenvalue weighted by Crippen LogP contribution is -2.30. The molecule has 2 aromatic rings. The number of hydrogen-bond acceptors (Lipinski definition) is 6. The number of nitrogens with zero attached hydrogens (tertiary/aromatic N) is 3. The van der Waals surface area contributed by atoms with Crippen molar-refractivity contribution in [2.75, 3.05) is 25.5 Å². The molecule has 2 aromatic heterocycles. The van der Waals surface area contributed by atoms with Gasteiger partial charge in [0.05, 0.1) is 18.4 Å². The zero-order valence-corrected chi connectivity index (χ0v) is 19.2. The molecule has 3 heterocycles. The standard InChI is InChI=1S/C20H28N4O3S.ClH/c1-6-8-23-9-7-14-16(11-23)28-19(17(14)20(26)27-5)21-18(25)15-10-13(4)22-24(15)12(2)3;/h10,12H,6-9,11H2,1-5H3,(H,21,25);1H. The highest BCUT2D eigenvalue weighted by Gasteiger charge is 2.29. The lowest BCUT2D eigenvalue weighted by Gasteiger charge is -2.26. The monoisotopic (exact) mass is 440 g/mol. The molecule has 1 aliphatic heterocycles. The van der Waals surface area contributed by atoms with Gasteiger partial charge in [0.1, 0.15) is 10.7 Å². The van der Waals surface area contributed by atoms with Gasteiger partial charge in [-0.15, -0.1) is 23.7 Å². The predicted octanol–water partition coefficient (Wildman–Crippen LogP) is 4.06. The Balaban J connectivity index is 0.00000300. The van der Waals surface area contributed by atoms with Crippen LogP contribution in [0, 0.1) is 6.92 Å². The second kappa shape index (κ2) is 9.73. The summed E-state index contributed by atoms with van der Waals surface area (Å²) >= 11 is 1.48. The Hall–Kier alpha value is -1.90. The van der Waals surface area contributed by atoms with Crippen LogP contribution in [0.15, 0.2) is 6.07 Å². The molecule has 0 radical (unpaired) electrons. The third-order valence-corrected chi connectivity index (χ3v) is 6.00. The summed E-state index contributed by atoms with van der Waals surface area (Å²) in [6.07, 6.45) is 1.88. The maximum Gasteiger partial charge on any atom is 0.341 e. The molecule has 0 saturated carbocycles. The Morgan fingerprint density at radius 3 is 2.72 bits per heavy atom. The molecule has 3 rings (SSSR count). The number of anilines is 1. The number of amides is 1. The topological polar surface area (TPSA) is 76.5 Å². The molecule has 7 nitrogen and oxygen atoms in total. The molecule has 29 heavy (non-hydrogen) atoms. The Morgan fingerprint density at radius 2 is 2.10 bits per heavy atom. The number of carbonyl (C=O) groups is 2. The van der Waals surface area contributed by atoms with Crippen molar-refractivity contribution in [3.8, 4) is 0 Å². The Bertz CT molecular complexity index is 891. The number of rotatable bonds is 6. The fourth-order valence-electron chi connectivity index (χ4n) is 3.62. The first-order valence-electron chi connectivity index (χ1n) is 9.68. The quantitative estimate of drug-likeness (QED) is 0.685. The molecule has 0 fully saturated rings. The molecule has 1 N–H and O–H groups in total. The average Bonchev–Trinajstić information content (AvgIpc) is 3.21. The van der Waals surface area contributed by atoms with E-state index in [9.17, 15) is 9.59 Å². The normalized spacial score (nSPS) is 13.7. The highest BCUT2D eigenvalue weighted by atomic mass is 35.5. The number of hydrogen-bond donors (Lipinski definition) is 1. The lowest BCUT2D eigenvalue weighted by atomic mass is 10.0. The van der Waals surface area contributed by atoms with Crippen LogP contribution in [0.2, 0.25) is 0 Å². The number of ether oxygens (including phenoxy) is 1. The predicted molar refractivity (Wildman–Crippen MR) is 117 cm³/mol. The first-order chi connectivity index (χ1) is 13.3. The molecule has 1 aliphatic rings. The number of esters is 1. The summed E-state index contributed by atoms with van der Waals surface area (Å²) in [5.74, 6) is -0.659. The van der Waals surface area contributed by atoms with E-state index in [1.165, 1.54) is 18.4 Å². The van der Waals surface area contributed by atoms with Crippen molar-refractivity contribution in [3.63, 3.8) is 0 Å². The fraction of sp³-hybridized carbons (Fsp3) is 0.550. The van der Waals surface area contributed by atoms with E-state index < -0.39 is 5.97 Å². The van der Waals surface area contributed by atoms with Crippen LogP contribution in [0.1, 0.15) is 70.2 Å². The third kappa shape index (κ3) is 4.82. The van der Waals surface area contributed by atoms with Gasteiger partial charge >= 0.3 is 5.97 Å². The maximum atomic E-state index is 13.0. The lowest BCUT2D eigenvalue weighted by molar-refractivity contribution is 0.0600. The minimum Gasteiger partial charge on any atom is -0.465 e. The van der Waals surface area contributed by atoms with Gasteiger partial charge in [0.15, 0.2) is 0 Å². The molecule has 0 aliphatic carbocycles. The molecule has 0 bridgehead atoms. The van der Waals surface area contributed by atoms with Crippen molar-refractivity contribution in [2.45, 2.75) is 53.1 Å². The minimum absolute atomic E-state index is 0. The molecule has 0 saturated heterocycles. The average molecular weight is 441 g/mol. The molecule has 0 spiro atoms. The highest BCUT2D eigenvalue weighted by molar-refractivity contribution is 7.17. The van der Waals surface area contributed by atoms with Gasteiger partial charge in [-0.25, -0.2) is 4.79 Å². The summed E-state index contributed by atoms with van der Waals surface area (Å²) in [5, 5.41) is 7.92. The van der Waals surface area contributed by atoms with Gasteiger partial charge < -0.3 is 10.1 Å². The van der Waals surface area contributed by atoms with Gasteiger partial charge in [0.25, 0.3) is 5.91 Å². The van der Waals surface area contributed by atoms with Crippen LogP contribution in [0.25, 0.3) is 0 Å². The molecule has 1 amide bonds. The molecule has 0 atom stereocenters. The molecule has 0 aromatic carbocycles. The van der Waals surface area contributed by atoms with Crippen molar-refractivity contribution in [3.05, 3.63) is 33.5 Å². The van der Waals surface area contributed by atoms with E-state index in [2.05, 4.69) is 22.2 Å². The van der Waals surface area contributed by atoms with E-state index in [1.54, 1.807) is 10.7 Å². The van der Waals surface area contributed by atoms with Gasteiger partial charge in [-0.3, -0.25) is 14.4 Å². The van der Waals surface area contributed by atoms with Crippen LogP contribution in [-0.4, -0.2) is 46.8 Å². The van der Waals surface area contributed by atoms with Crippen molar-refractivity contribution in [1.82, 2.24) is 14.7 Å². The van der Waals surface area contributed by atoms with Crippen molar-refractivity contribution in [1.29, 1.82) is 0 Å². The minimum atomic E-state index is -0.398. The van der Waals surface area contributed by atoms with Crippen LogP contribution in [0.5, 0.6) is 0 Å². The SMILES string of the molecule is CCCN1CCc2c(sc(NC(=O)c3cc(C)nn3C(C)C)c2C(=O)OC)C1.Cl. The second-order valence-electron chi connectivity index (χ2n) is 7.39. The van der Waals surface area contributed by atoms with E-state index >= 15 is 0 Å². The van der Waals surface area contributed by atoms with Gasteiger partial charge in [-0.2, -0.15) is 5.10 Å². The van der Waals surface area contributed by atoms with E-state index in [0.717, 1.165) is 48.6 Å². The van der Waals surface area contributed by atoms with Gasteiger partial charge in [0.2, 0.25) is 0 Å². The summed E-state index contributed by atoms with van der Waals surface area (Å²) in [6.45, 7) is 10.7. The number of carbonyl (C=O) groups excluding carboxylic acids is 2. The van der Waals surface area contributed by atoms with E-state index in [0.29, 0.717) is 16.3 Å². The van der Waals surface area contributed by atoms with Crippen LogP contribution < -0.4 is 5.32 Å². The van der Waals surface area contributed by atoms with Crippen LogP contribution in [0.4, 0.5) is 5.00 Å². The summed E-state index contributed by atoms with van der Waals surface area (Å²) in [5.41, 5.74) is 2.78. The summed E-state index contributed by atoms with van der Waals surface area (Å²) in [4.78, 5) is 28.9. The molecule has 9 heteroatoms. The van der Waals surface area contributed by atoms with Crippen LogP contribution in [0.3, 0.4) is 0 Å². The van der Waals surface area contributed by atoms with Crippen molar-refractivity contribution < 1.29 is 14.3 Å². The molecule has 0 unspecified atom stereocenters.